The van der Waals surface area contributed by atoms with Crippen LogP contribution in [0.25, 0.3) is 0 Å². The Kier molecular flexibility index (Phi) is 5.49. The molecule has 0 aromatic carbocycles. The fourth-order valence-corrected chi connectivity index (χ4v) is 2.79. The maximum atomic E-state index is 4.62. The van der Waals surface area contributed by atoms with Crippen LogP contribution >= 0.6 is 0 Å². The number of hydrogen-bond donors (Lipinski definition) is 2. The van der Waals surface area contributed by atoms with E-state index in [1.807, 2.05) is 6.07 Å². The third kappa shape index (κ3) is 4.41. The number of aromatic nitrogens is 1. The fourth-order valence-electron chi connectivity index (χ4n) is 2.79. The van der Waals surface area contributed by atoms with E-state index in [2.05, 4.69) is 41.6 Å². The van der Waals surface area contributed by atoms with Crippen LogP contribution in [0.2, 0.25) is 0 Å². The summed E-state index contributed by atoms with van der Waals surface area (Å²) in [6, 6.07) is 6.79. The number of anilines is 2. The second-order valence-electron chi connectivity index (χ2n) is 5.61. The van der Waals surface area contributed by atoms with E-state index in [0.29, 0.717) is 6.04 Å². The van der Waals surface area contributed by atoms with Crippen molar-refractivity contribution < 1.29 is 0 Å². The molecule has 1 aromatic heterocycles. The molecule has 0 atom stereocenters. The van der Waals surface area contributed by atoms with Gasteiger partial charge in [0.25, 0.3) is 0 Å². The lowest BCUT2D eigenvalue weighted by molar-refractivity contribution is 0.330. The summed E-state index contributed by atoms with van der Waals surface area (Å²) in [6.45, 7) is 5.46. The van der Waals surface area contributed by atoms with Crippen molar-refractivity contribution in [1.82, 2.24) is 4.98 Å². The predicted octanol–water partition coefficient (Wildman–Crippen LogP) is 4.28. The van der Waals surface area contributed by atoms with E-state index in [1.165, 1.54) is 32.1 Å². The lowest BCUT2D eigenvalue weighted by atomic mass is 9.84. The van der Waals surface area contributed by atoms with Gasteiger partial charge in [-0.1, -0.05) is 26.3 Å². The fraction of sp³-hybridized carbons (Fsp3) is 0.688. The molecule has 0 bridgehead atoms. The summed E-state index contributed by atoms with van der Waals surface area (Å²) in [5.41, 5.74) is 0. The number of hydrogen-bond acceptors (Lipinski definition) is 3. The molecule has 0 radical (unpaired) electrons. The minimum Gasteiger partial charge on any atom is -0.370 e. The van der Waals surface area contributed by atoms with Crippen LogP contribution in [0.3, 0.4) is 0 Å². The maximum absolute atomic E-state index is 4.62. The van der Waals surface area contributed by atoms with E-state index in [0.717, 1.165) is 30.5 Å². The molecule has 1 saturated carbocycles. The van der Waals surface area contributed by atoms with Crippen LogP contribution in [0.15, 0.2) is 18.2 Å². The van der Waals surface area contributed by atoms with Crippen LogP contribution in [0.1, 0.15) is 52.4 Å². The van der Waals surface area contributed by atoms with Crippen LogP contribution in [0.4, 0.5) is 11.6 Å². The SMILES string of the molecule is CCCNc1cccc(NC2CCC(CC)CC2)n1. The standard InChI is InChI=1S/C16H27N3/c1-3-12-17-15-6-5-7-16(19-15)18-14-10-8-13(4-2)9-11-14/h5-7,13-14H,3-4,8-12H2,1-2H3,(H2,17,18,19). The molecule has 0 unspecified atom stereocenters. The molecule has 1 aliphatic rings. The maximum Gasteiger partial charge on any atom is 0.128 e. The molecule has 106 valence electrons. The smallest absolute Gasteiger partial charge is 0.128 e. The number of nitrogens with zero attached hydrogens (tertiary/aromatic N) is 1. The van der Waals surface area contributed by atoms with Gasteiger partial charge in [-0.15, -0.1) is 0 Å². The molecular formula is C16H27N3. The van der Waals surface area contributed by atoms with Crippen molar-refractivity contribution in [3.8, 4) is 0 Å². The molecule has 3 nitrogen and oxygen atoms in total. The van der Waals surface area contributed by atoms with Crippen molar-refractivity contribution >= 4 is 11.6 Å². The zero-order chi connectivity index (χ0) is 13.5. The Morgan fingerprint density at radius 1 is 1.11 bits per heavy atom. The topological polar surface area (TPSA) is 37.0 Å². The van der Waals surface area contributed by atoms with Crippen LogP contribution in [-0.4, -0.2) is 17.6 Å². The van der Waals surface area contributed by atoms with Gasteiger partial charge in [-0.3, -0.25) is 0 Å². The Bertz CT molecular complexity index is 370. The average Bonchev–Trinajstić information content (AvgIpc) is 2.46. The van der Waals surface area contributed by atoms with Gasteiger partial charge in [0.15, 0.2) is 0 Å². The highest BCUT2D eigenvalue weighted by Crippen LogP contribution is 2.28. The van der Waals surface area contributed by atoms with E-state index >= 15 is 0 Å². The molecule has 2 N–H and O–H groups in total. The van der Waals surface area contributed by atoms with Crippen LogP contribution < -0.4 is 10.6 Å². The molecule has 0 aliphatic heterocycles. The summed E-state index contributed by atoms with van der Waals surface area (Å²) in [5, 5.41) is 6.93. The van der Waals surface area contributed by atoms with Gasteiger partial charge in [-0.05, 0) is 50.2 Å². The van der Waals surface area contributed by atoms with Gasteiger partial charge in [0.05, 0.1) is 0 Å². The first-order valence-corrected chi connectivity index (χ1v) is 7.79. The van der Waals surface area contributed by atoms with Crippen molar-refractivity contribution in [3.63, 3.8) is 0 Å². The first-order chi connectivity index (χ1) is 9.31. The Morgan fingerprint density at radius 3 is 2.53 bits per heavy atom. The third-order valence-corrected chi connectivity index (χ3v) is 4.08. The zero-order valence-corrected chi connectivity index (χ0v) is 12.3. The minimum atomic E-state index is 0.608. The molecular weight excluding hydrogens is 234 g/mol. The van der Waals surface area contributed by atoms with Crippen molar-refractivity contribution in [2.24, 2.45) is 5.92 Å². The third-order valence-electron chi connectivity index (χ3n) is 4.08. The molecule has 1 heterocycles. The molecule has 0 saturated heterocycles. The van der Waals surface area contributed by atoms with Crippen molar-refractivity contribution in [2.75, 3.05) is 17.2 Å². The van der Waals surface area contributed by atoms with E-state index in [1.54, 1.807) is 0 Å². The van der Waals surface area contributed by atoms with Crippen LogP contribution in [0.5, 0.6) is 0 Å². The largest absolute Gasteiger partial charge is 0.370 e. The molecule has 19 heavy (non-hydrogen) atoms. The summed E-state index contributed by atoms with van der Waals surface area (Å²) < 4.78 is 0. The predicted molar refractivity (Wildman–Crippen MR) is 82.7 cm³/mol. The van der Waals surface area contributed by atoms with Gasteiger partial charge in [-0.25, -0.2) is 4.98 Å². The normalized spacial score (nSPS) is 23.1. The average molecular weight is 261 g/mol. The zero-order valence-electron chi connectivity index (χ0n) is 12.3. The first-order valence-electron chi connectivity index (χ1n) is 7.79. The molecule has 3 heteroatoms. The monoisotopic (exact) mass is 261 g/mol. The Balaban J connectivity index is 1.85. The number of rotatable bonds is 6. The van der Waals surface area contributed by atoms with Crippen molar-refractivity contribution in [1.29, 1.82) is 0 Å². The van der Waals surface area contributed by atoms with E-state index in [9.17, 15) is 0 Å². The van der Waals surface area contributed by atoms with Crippen molar-refractivity contribution in [3.05, 3.63) is 18.2 Å². The summed E-state index contributed by atoms with van der Waals surface area (Å²) in [5.74, 6) is 2.94. The van der Waals surface area contributed by atoms with Crippen molar-refractivity contribution in [2.45, 2.75) is 58.4 Å². The Hall–Kier alpha value is -1.25. The van der Waals surface area contributed by atoms with E-state index < -0.39 is 0 Å². The van der Waals surface area contributed by atoms with Gasteiger partial charge in [0.2, 0.25) is 0 Å². The quantitative estimate of drug-likeness (QED) is 0.802. The van der Waals surface area contributed by atoms with Crippen LogP contribution in [0, 0.1) is 5.92 Å². The summed E-state index contributed by atoms with van der Waals surface area (Å²) >= 11 is 0. The summed E-state index contributed by atoms with van der Waals surface area (Å²) in [6.07, 6.45) is 7.76. The molecule has 1 aromatic rings. The second-order valence-corrected chi connectivity index (χ2v) is 5.61. The lowest BCUT2D eigenvalue weighted by Gasteiger charge is -2.28. The van der Waals surface area contributed by atoms with Gasteiger partial charge < -0.3 is 10.6 Å². The van der Waals surface area contributed by atoms with Gasteiger partial charge in [0, 0.05) is 12.6 Å². The van der Waals surface area contributed by atoms with Crippen LogP contribution in [-0.2, 0) is 0 Å². The lowest BCUT2D eigenvalue weighted by Crippen LogP contribution is -2.26. The first kappa shape index (κ1) is 14.2. The Labute approximate surface area is 117 Å². The molecule has 1 fully saturated rings. The summed E-state index contributed by atoms with van der Waals surface area (Å²) in [4.78, 5) is 4.62. The second kappa shape index (κ2) is 7.37. The van der Waals surface area contributed by atoms with E-state index in [4.69, 9.17) is 0 Å². The molecule has 2 rings (SSSR count). The molecule has 0 spiro atoms. The minimum absolute atomic E-state index is 0.608. The highest BCUT2D eigenvalue weighted by molar-refractivity contribution is 5.45. The Morgan fingerprint density at radius 2 is 1.84 bits per heavy atom. The highest BCUT2D eigenvalue weighted by atomic mass is 15.1. The number of nitrogens with one attached hydrogen (secondary N) is 2. The van der Waals surface area contributed by atoms with Gasteiger partial charge in [0.1, 0.15) is 11.6 Å². The highest BCUT2D eigenvalue weighted by Gasteiger charge is 2.19. The van der Waals surface area contributed by atoms with E-state index in [-0.39, 0.29) is 0 Å². The van der Waals surface area contributed by atoms with Gasteiger partial charge in [-0.2, -0.15) is 0 Å². The summed E-state index contributed by atoms with van der Waals surface area (Å²) in [7, 11) is 0. The number of pyridine rings is 1. The van der Waals surface area contributed by atoms with Gasteiger partial charge >= 0.3 is 0 Å². The molecule has 1 aliphatic carbocycles. The molecule has 0 amide bonds.